The summed E-state index contributed by atoms with van der Waals surface area (Å²) < 4.78 is 5.63. The Morgan fingerprint density at radius 1 is 1.00 bits per heavy atom. The molecule has 32 heavy (non-hydrogen) atoms. The van der Waals surface area contributed by atoms with Crippen molar-refractivity contribution in [2.45, 2.75) is 103 Å². The van der Waals surface area contributed by atoms with Crippen LogP contribution in [0.1, 0.15) is 90.5 Å². The minimum absolute atomic E-state index is 0.0566. The van der Waals surface area contributed by atoms with Gasteiger partial charge >= 0.3 is 5.97 Å². The van der Waals surface area contributed by atoms with Crippen molar-refractivity contribution in [3.05, 3.63) is 35.9 Å². The van der Waals surface area contributed by atoms with Crippen LogP contribution in [0.3, 0.4) is 0 Å². The van der Waals surface area contributed by atoms with Crippen LogP contribution in [0.5, 0.6) is 0 Å². The Kier molecular flexibility index (Phi) is 5.72. The predicted molar refractivity (Wildman–Crippen MR) is 127 cm³/mol. The minimum atomic E-state index is -0.525. The lowest BCUT2D eigenvalue weighted by Crippen LogP contribution is -2.57. The highest BCUT2D eigenvalue weighted by atomic mass is 16.5. The molecule has 3 nitrogen and oxygen atoms in total. The van der Waals surface area contributed by atoms with Crippen LogP contribution in [-0.2, 0) is 16.0 Å². The van der Waals surface area contributed by atoms with Crippen LogP contribution in [0.2, 0.25) is 0 Å². The van der Waals surface area contributed by atoms with E-state index >= 15 is 0 Å². The number of hydrogen-bond donors (Lipinski definition) is 1. The molecule has 0 bridgehead atoms. The lowest BCUT2D eigenvalue weighted by Gasteiger charge is -2.61. The second-order valence-corrected chi connectivity index (χ2v) is 12.2. The van der Waals surface area contributed by atoms with Crippen molar-refractivity contribution in [2.75, 3.05) is 0 Å². The largest absolute Gasteiger partial charge is 0.463 e. The van der Waals surface area contributed by atoms with E-state index in [9.17, 15) is 9.90 Å². The summed E-state index contributed by atoms with van der Waals surface area (Å²) in [6.45, 7) is 6.53. The van der Waals surface area contributed by atoms with Crippen LogP contribution < -0.4 is 0 Å². The maximum Gasteiger partial charge on any atom is 0.302 e. The summed E-state index contributed by atoms with van der Waals surface area (Å²) in [6.07, 6.45) is 12.4. The van der Waals surface area contributed by atoms with Crippen molar-refractivity contribution >= 4 is 5.97 Å². The number of hydrogen-bond acceptors (Lipinski definition) is 3. The van der Waals surface area contributed by atoms with Gasteiger partial charge in [0.25, 0.3) is 0 Å². The maximum atomic E-state index is 12.0. The molecule has 4 aliphatic rings. The molecule has 0 aromatic heterocycles. The van der Waals surface area contributed by atoms with Gasteiger partial charge in [-0.15, -0.1) is 0 Å². The van der Waals surface area contributed by atoms with Gasteiger partial charge in [0.15, 0.2) is 0 Å². The molecule has 0 amide bonds. The summed E-state index contributed by atoms with van der Waals surface area (Å²) in [4.78, 5) is 11.5. The zero-order valence-corrected chi connectivity index (χ0v) is 20.3. The zero-order chi connectivity index (χ0) is 22.6. The summed E-state index contributed by atoms with van der Waals surface area (Å²) in [5, 5.41) is 12.0. The van der Waals surface area contributed by atoms with Gasteiger partial charge in [0.1, 0.15) is 6.10 Å². The fourth-order valence-electron chi connectivity index (χ4n) is 9.08. The third-order valence-corrected chi connectivity index (χ3v) is 10.9. The molecule has 176 valence electrons. The van der Waals surface area contributed by atoms with E-state index in [1.54, 1.807) is 6.92 Å². The molecule has 1 N–H and O–H groups in total. The van der Waals surface area contributed by atoms with Gasteiger partial charge in [-0.3, -0.25) is 4.79 Å². The Balaban J connectivity index is 1.31. The van der Waals surface area contributed by atoms with Crippen LogP contribution in [0.15, 0.2) is 30.3 Å². The average molecular weight is 439 g/mol. The van der Waals surface area contributed by atoms with Crippen molar-refractivity contribution < 1.29 is 14.6 Å². The number of rotatable bonds is 4. The molecule has 0 spiro atoms. The number of carbonyl (C=O) groups excluding carboxylic acids is 1. The summed E-state index contributed by atoms with van der Waals surface area (Å²) >= 11 is 0. The first kappa shape index (κ1) is 22.4. The molecular formula is C29H42O3. The van der Waals surface area contributed by atoms with Gasteiger partial charge in [-0.1, -0.05) is 44.2 Å². The summed E-state index contributed by atoms with van der Waals surface area (Å²) in [7, 11) is 0. The molecule has 4 fully saturated rings. The van der Waals surface area contributed by atoms with Crippen molar-refractivity contribution in [2.24, 2.45) is 34.5 Å². The van der Waals surface area contributed by atoms with Crippen LogP contribution in [0, 0.1) is 34.5 Å². The summed E-state index contributed by atoms with van der Waals surface area (Å²) in [6, 6.07) is 10.7. The number of aryl methyl sites for hydroxylation is 1. The van der Waals surface area contributed by atoms with Crippen LogP contribution in [0.25, 0.3) is 0 Å². The van der Waals surface area contributed by atoms with E-state index in [-0.39, 0.29) is 17.5 Å². The monoisotopic (exact) mass is 438 g/mol. The second-order valence-electron chi connectivity index (χ2n) is 12.2. The van der Waals surface area contributed by atoms with Gasteiger partial charge < -0.3 is 9.84 Å². The SMILES string of the molecule is CC(=O)O[C@H]1CC[C@@]2(C)[C@H](CC[C@H]3[C@H]4CC[C@@](O)(CCc5ccccc5)[C@]4(C)CC[C@@H]32)C1. The van der Waals surface area contributed by atoms with Crippen LogP contribution in [-0.4, -0.2) is 22.8 Å². The van der Waals surface area contributed by atoms with E-state index in [0.29, 0.717) is 17.3 Å². The lowest BCUT2D eigenvalue weighted by molar-refractivity contribution is -0.170. The molecular weight excluding hydrogens is 396 g/mol. The first-order chi connectivity index (χ1) is 15.3. The van der Waals surface area contributed by atoms with Gasteiger partial charge in [0, 0.05) is 6.92 Å². The third kappa shape index (κ3) is 3.54. The smallest absolute Gasteiger partial charge is 0.302 e. The van der Waals surface area contributed by atoms with Gasteiger partial charge in [0.05, 0.1) is 5.60 Å². The number of aliphatic hydroxyl groups is 1. The number of benzene rings is 1. The molecule has 1 aromatic carbocycles. The molecule has 0 heterocycles. The third-order valence-electron chi connectivity index (χ3n) is 10.9. The molecule has 3 heteroatoms. The normalized spacial score (nSPS) is 45.4. The molecule has 0 aliphatic heterocycles. The standard InChI is InChI=1S/C29H42O3/c1-20(30)32-23-12-15-27(2)22(19-23)9-10-24-25(27)13-16-28(3)26(24)14-18-29(28,31)17-11-21-7-5-4-6-8-21/h4-8,22-26,31H,9-19H2,1-3H3/t22-,23+,24-,25+,26-,27+,28-,29+/m1/s1. The Labute approximate surface area is 194 Å². The minimum Gasteiger partial charge on any atom is -0.463 e. The number of ether oxygens (including phenoxy) is 1. The molecule has 4 saturated carbocycles. The highest BCUT2D eigenvalue weighted by Crippen LogP contribution is 2.68. The molecule has 8 atom stereocenters. The number of fused-ring (bicyclic) bond motifs is 5. The number of esters is 1. The predicted octanol–water partition coefficient (Wildman–Crippen LogP) is 6.32. The fraction of sp³-hybridized carbons (Fsp3) is 0.759. The van der Waals surface area contributed by atoms with Crippen LogP contribution in [0.4, 0.5) is 0 Å². The topological polar surface area (TPSA) is 46.5 Å². The van der Waals surface area contributed by atoms with E-state index in [0.717, 1.165) is 43.9 Å². The summed E-state index contributed by atoms with van der Waals surface area (Å²) in [5.74, 6) is 2.75. The van der Waals surface area contributed by atoms with E-state index in [4.69, 9.17) is 4.74 Å². The van der Waals surface area contributed by atoms with E-state index in [2.05, 4.69) is 44.2 Å². The van der Waals surface area contributed by atoms with Crippen LogP contribution >= 0.6 is 0 Å². The number of carbonyl (C=O) groups is 1. The van der Waals surface area contributed by atoms with Crippen molar-refractivity contribution in [3.63, 3.8) is 0 Å². The Hall–Kier alpha value is -1.35. The highest BCUT2D eigenvalue weighted by molar-refractivity contribution is 5.66. The molecule has 0 radical (unpaired) electrons. The Morgan fingerprint density at radius 3 is 2.50 bits per heavy atom. The molecule has 0 unspecified atom stereocenters. The first-order valence-corrected chi connectivity index (χ1v) is 13.2. The van der Waals surface area contributed by atoms with Gasteiger partial charge in [-0.2, -0.15) is 0 Å². The Bertz CT molecular complexity index is 836. The summed E-state index contributed by atoms with van der Waals surface area (Å²) in [5.41, 5.74) is 1.26. The van der Waals surface area contributed by atoms with Crippen molar-refractivity contribution in [1.29, 1.82) is 0 Å². The van der Waals surface area contributed by atoms with E-state index < -0.39 is 5.60 Å². The molecule has 0 saturated heterocycles. The molecule has 1 aromatic rings. The zero-order valence-electron chi connectivity index (χ0n) is 20.3. The lowest BCUT2D eigenvalue weighted by atomic mass is 9.44. The molecule has 4 aliphatic carbocycles. The van der Waals surface area contributed by atoms with E-state index in [1.807, 2.05) is 0 Å². The van der Waals surface area contributed by atoms with Crippen molar-refractivity contribution in [1.82, 2.24) is 0 Å². The highest BCUT2D eigenvalue weighted by Gasteiger charge is 2.64. The van der Waals surface area contributed by atoms with Gasteiger partial charge in [0.2, 0.25) is 0 Å². The quantitative estimate of drug-likeness (QED) is 0.559. The van der Waals surface area contributed by atoms with E-state index in [1.165, 1.54) is 44.1 Å². The van der Waals surface area contributed by atoms with Gasteiger partial charge in [-0.25, -0.2) is 0 Å². The second kappa shape index (κ2) is 8.15. The maximum absolute atomic E-state index is 12.0. The fourth-order valence-corrected chi connectivity index (χ4v) is 9.08. The van der Waals surface area contributed by atoms with Crippen molar-refractivity contribution in [3.8, 4) is 0 Å². The van der Waals surface area contributed by atoms with Gasteiger partial charge in [-0.05, 0) is 111 Å². The Morgan fingerprint density at radius 2 is 1.75 bits per heavy atom. The average Bonchev–Trinajstić information content (AvgIpc) is 3.04. The molecule has 5 rings (SSSR count). The first-order valence-electron chi connectivity index (χ1n) is 13.2.